The first-order valence-electron chi connectivity index (χ1n) is 3.95. The lowest BCUT2D eigenvalue weighted by atomic mass is 10.4. The molecule has 0 aliphatic heterocycles. The Morgan fingerprint density at radius 1 is 1.67 bits per heavy atom. The second-order valence-electron chi connectivity index (χ2n) is 2.65. The summed E-state index contributed by atoms with van der Waals surface area (Å²) in [5.74, 6) is -0.131. The van der Waals surface area contributed by atoms with Crippen molar-refractivity contribution in [2.24, 2.45) is 7.05 Å². The van der Waals surface area contributed by atoms with Crippen molar-refractivity contribution in [1.82, 2.24) is 20.2 Å². The highest BCUT2D eigenvalue weighted by Gasteiger charge is 2.15. The summed E-state index contributed by atoms with van der Waals surface area (Å²) in [7, 11) is 1.60. The van der Waals surface area contributed by atoms with Crippen LogP contribution < -0.4 is 5.32 Å². The molecule has 15 heavy (non-hydrogen) atoms. The zero-order chi connectivity index (χ0) is 10.8. The number of hydrogen-bond acceptors (Lipinski definition) is 5. The van der Waals surface area contributed by atoms with Gasteiger partial charge >= 0.3 is 0 Å². The lowest BCUT2D eigenvalue weighted by Gasteiger charge is -1.96. The van der Waals surface area contributed by atoms with Gasteiger partial charge < -0.3 is 4.42 Å². The molecule has 0 saturated heterocycles. The van der Waals surface area contributed by atoms with E-state index in [-0.39, 0.29) is 11.7 Å². The number of nitrogens with zero attached hydrogens (tertiary/aromatic N) is 4. The molecule has 1 N–H and O–H groups in total. The fourth-order valence-electron chi connectivity index (χ4n) is 0.948. The highest BCUT2D eigenvalue weighted by atomic mass is 79.9. The summed E-state index contributed by atoms with van der Waals surface area (Å²) in [6.45, 7) is 0. The Morgan fingerprint density at radius 3 is 3.00 bits per heavy atom. The molecule has 2 rings (SSSR count). The van der Waals surface area contributed by atoms with Crippen molar-refractivity contribution in [2.75, 3.05) is 5.32 Å². The molecule has 0 spiro atoms. The van der Waals surface area contributed by atoms with Crippen molar-refractivity contribution < 1.29 is 9.21 Å². The Bertz CT molecular complexity index is 491. The molecule has 78 valence electrons. The molecule has 0 radical (unpaired) electrons. The maximum atomic E-state index is 11.6. The van der Waals surface area contributed by atoms with Crippen molar-refractivity contribution in [1.29, 1.82) is 0 Å². The minimum absolute atomic E-state index is 0.130. The van der Waals surface area contributed by atoms with Crippen LogP contribution in [0.1, 0.15) is 10.6 Å². The summed E-state index contributed by atoms with van der Waals surface area (Å²) in [5, 5.41) is 13.4. The number of amides is 1. The van der Waals surface area contributed by atoms with Crippen LogP contribution in [-0.4, -0.2) is 26.1 Å². The number of carbonyl (C=O) groups is 1. The maximum Gasteiger partial charge on any atom is 0.294 e. The number of nitrogens with one attached hydrogen (secondary N) is 1. The fraction of sp³-hybridized carbons (Fsp3) is 0.143. The SMILES string of the molecule is Cn1nnc(NC(=O)c2occc2Br)n1. The van der Waals surface area contributed by atoms with Gasteiger partial charge in [0.1, 0.15) is 0 Å². The van der Waals surface area contributed by atoms with Gasteiger partial charge in [-0.15, -0.1) is 5.10 Å². The van der Waals surface area contributed by atoms with E-state index in [4.69, 9.17) is 4.42 Å². The summed E-state index contributed by atoms with van der Waals surface area (Å²) in [6.07, 6.45) is 1.41. The highest BCUT2D eigenvalue weighted by Crippen LogP contribution is 2.18. The van der Waals surface area contributed by atoms with Gasteiger partial charge in [0.2, 0.25) is 5.76 Å². The minimum Gasteiger partial charge on any atom is -0.458 e. The van der Waals surface area contributed by atoms with Crippen molar-refractivity contribution in [3.8, 4) is 0 Å². The summed E-state index contributed by atoms with van der Waals surface area (Å²) >= 11 is 3.17. The van der Waals surface area contributed by atoms with Gasteiger partial charge in [-0.05, 0) is 27.2 Å². The number of furan rings is 1. The third-order valence-electron chi connectivity index (χ3n) is 1.56. The molecule has 2 heterocycles. The van der Waals surface area contributed by atoms with E-state index < -0.39 is 5.91 Å². The second-order valence-corrected chi connectivity index (χ2v) is 3.51. The van der Waals surface area contributed by atoms with Crippen LogP contribution in [0.25, 0.3) is 0 Å². The van der Waals surface area contributed by atoms with Gasteiger partial charge in [0.05, 0.1) is 17.8 Å². The predicted molar refractivity (Wildman–Crippen MR) is 53.2 cm³/mol. The lowest BCUT2D eigenvalue weighted by molar-refractivity contribution is 0.0995. The third-order valence-corrected chi connectivity index (χ3v) is 2.18. The Labute approximate surface area is 92.6 Å². The van der Waals surface area contributed by atoms with Crippen LogP contribution in [0, 0.1) is 0 Å². The summed E-state index contributed by atoms with van der Waals surface area (Å²) < 4.78 is 5.54. The monoisotopic (exact) mass is 271 g/mol. The standard InChI is InChI=1S/C7H6BrN5O2/c1-13-11-7(10-12-13)9-6(14)5-4(8)2-3-15-5/h2-3H,1H3,(H,9,11,14). The largest absolute Gasteiger partial charge is 0.458 e. The van der Waals surface area contributed by atoms with E-state index in [9.17, 15) is 4.79 Å². The predicted octanol–water partition coefficient (Wildman–Crippen LogP) is 0.818. The fourth-order valence-corrected chi connectivity index (χ4v) is 1.33. The van der Waals surface area contributed by atoms with Crippen molar-refractivity contribution in [3.63, 3.8) is 0 Å². The molecule has 1 amide bonds. The number of rotatable bonds is 2. The molecule has 0 unspecified atom stereocenters. The quantitative estimate of drug-likeness (QED) is 0.874. The zero-order valence-electron chi connectivity index (χ0n) is 7.64. The molecule has 0 aromatic carbocycles. The molecular formula is C7H6BrN5O2. The number of aryl methyl sites for hydroxylation is 1. The van der Waals surface area contributed by atoms with E-state index in [1.807, 2.05) is 0 Å². The Morgan fingerprint density at radius 2 is 2.47 bits per heavy atom. The molecule has 8 heteroatoms. The first kappa shape index (κ1) is 9.84. The van der Waals surface area contributed by atoms with E-state index >= 15 is 0 Å². The Kier molecular flexibility index (Phi) is 2.50. The molecule has 0 aliphatic carbocycles. The lowest BCUT2D eigenvalue weighted by Crippen LogP contribution is -2.12. The Balaban J connectivity index is 2.14. The normalized spacial score (nSPS) is 10.3. The number of tetrazole rings is 1. The van der Waals surface area contributed by atoms with Gasteiger partial charge in [0.25, 0.3) is 11.9 Å². The third kappa shape index (κ3) is 2.04. The molecule has 0 fully saturated rings. The second kappa shape index (κ2) is 3.81. The summed E-state index contributed by atoms with van der Waals surface area (Å²) in [4.78, 5) is 12.8. The van der Waals surface area contributed by atoms with Crippen LogP contribution in [0.15, 0.2) is 21.2 Å². The van der Waals surface area contributed by atoms with Crippen molar-refractivity contribution >= 4 is 27.8 Å². The molecule has 2 aromatic rings. The van der Waals surface area contributed by atoms with Crippen molar-refractivity contribution in [2.45, 2.75) is 0 Å². The van der Waals surface area contributed by atoms with Gasteiger partial charge in [-0.3, -0.25) is 10.1 Å². The van der Waals surface area contributed by atoms with E-state index in [0.717, 1.165) is 0 Å². The average molecular weight is 272 g/mol. The molecule has 2 aromatic heterocycles. The van der Waals surface area contributed by atoms with Gasteiger partial charge in [-0.2, -0.15) is 4.80 Å². The molecule has 0 atom stereocenters. The molecule has 0 saturated carbocycles. The van der Waals surface area contributed by atoms with E-state index in [1.54, 1.807) is 13.1 Å². The molecule has 0 aliphatic rings. The van der Waals surface area contributed by atoms with Crippen LogP contribution in [0.2, 0.25) is 0 Å². The molecule has 7 nitrogen and oxygen atoms in total. The van der Waals surface area contributed by atoms with Gasteiger partial charge in [-0.1, -0.05) is 5.10 Å². The highest BCUT2D eigenvalue weighted by molar-refractivity contribution is 9.10. The van der Waals surface area contributed by atoms with Crippen LogP contribution in [0.5, 0.6) is 0 Å². The van der Waals surface area contributed by atoms with Crippen LogP contribution in [0.4, 0.5) is 5.95 Å². The van der Waals surface area contributed by atoms with Crippen LogP contribution in [-0.2, 0) is 7.05 Å². The van der Waals surface area contributed by atoms with E-state index in [0.29, 0.717) is 4.47 Å². The van der Waals surface area contributed by atoms with E-state index in [1.165, 1.54) is 11.1 Å². The van der Waals surface area contributed by atoms with Crippen LogP contribution in [0.3, 0.4) is 0 Å². The molecular weight excluding hydrogens is 266 g/mol. The van der Waals surface area contributed by atoms with Gasteiger partial charge in [0.15, 0.2) is 0 Å². The van der Waals surface area contributed by atoms with Crippen molar-refractivity contribution in [3.05, 3.63) is 22.6 Å². The van der Waals surface area contributed by atoms with Gasteiger partial charge in [0, 0.05) is 0 Å². The first-order chi connectivity index (χ1) is 7.16. The number of hydrogen-bond donors (Lipinski definition) is 1. The summed E-state index contributed by atoms with van der Waals surface area (Å²) in [6, 6.07) is 1.62. The van der Waals surface area contributed by atoms with Gasteiger partial charge in [-0.25, -0.2) is 0 Å². The maximum absolute atomic E-state index is 11.6. The van der Waals surface area contributed by atoms with E-state index in [2.05, 4.69) is 36.7 Å². The average Bonchev–Trinajstić information content (AvgIpc) is 2.75. The Hall–Kier alpha value is -1.70. The number of halogens is 1. The topological polar surface area (TPSA) is 85.8 Å². The van der Waals surface area contributed by atoms with Crippen LogP contribution >= 0.6 is 15.9 Å². The minimum atomic E-state index is -0.431. The smallest absolute Gasteiger partial charge is 0.294 e. The number of anilines is 1. The number of carbonyl (C=O) groups excluding carboxylic acids is 1. The zero-order valence-corrected chi connectivity index (χ0v) is 9.22. The number of aromatic nitrogens is 4. The summed E-state index contributed by atoms with van der Waals surface area (Å²) in [5.41, 5.74) is 0. The first-order valence-corrected chi connectivity index (χ1v) is 4.74. The molecule has 0 bridgehead atoms.